The van der Waals surface area contributed by atoms with Crippen molar-refractivity contribution in [1.29, 1.82) is 0 Å². The first kappa shape index (κ1) is 11.5. The van der Waals surface area contributed by atoms with Gasteiger partial charge in [-0.05, 0) is 16.7 Å². The largest absolute Gasteiger partial charge is 0.367 e. The predicted molar refractivity (Wildman–Crippen MR) is 72.4 cm³/mol. The Morgan fingerprint density at radius 3 is 2.61 bits per heavy atom. The third-order valence-electron chi connectivity index (χ3n) is 3.32. The van der Waals surface area contributed by atoms with Crippen molar-refractivity contribution in [3.63, 3.8) is 0 Å². The molecule has 2 heteroatoms. The Hall–Kier alpha value is -1.64. The van der Waals surface area contributed by atoms with E-state index >= 15 is 0 Å². The normalized spacial score (nSPS) is 19.7. The summed E-state index contributed by atoms with van der Waals surface area (Å²) in [6.07, 6.45) is 0.0597. The second kappa shape index (κ2) is 5.34. The molecule has 0 spiro atoms. The Balaban J connectivity index is 2.04. The van der Waals surface area contributed by atoms with E-state index in [9.17, 15) is 0 Å². The van der Waals surface area contributed by atoms with Crippen LogP contribution in [-0.2, 0) is 11.3 Å². The van der Waals surface area contributed by atoms with Crippen molar-refractivity contribution in [1.82, 2.24) is 5.32 Å². The first-order valence-corrected chi connectivity index (χ1v) is 6.40. The first-order valence-electron chi connectivity index (χ1n) is 6.40. The highest BCUT2D eigenvalue weighted by atomic mass is 16.5. The number of hydrogen-bond donors (Lipinski definition) is 1. The lowest BCUT2D eigenvalue weighted by atomic mass is 9.96. The van der Waals surface area contributed by atoms with Gasteiger partial charge in [0.1, 0.15) is 6.10 Å². The van der Waals surface area contributed by atoms with Gasteiger partial charge in [-0.3, -0.25) is 0 Å². The molecule has 0 aliphatic carbocycles. The summed E-state index contributed by atoms with van der Waals surface area (Å²) in [6.45, 7) is 2.56. The number of ether oxygens (including phenoxy) is 1. The van der Waals surface area contributed by atoms with Gasteiger partial charge in [-0.1, -0.05) is 54.6 Å². The van der Waals surface area contributed by atoms with Gasteiger partial charge in [-0.15, -0.1) is 0 Å². The van der Waals surface area contributed by atoms with Gasteiger partial charge in [0.2, 0.25) is 0 Å². The van der Waals surface area contributed by atoms with Crippen molar-refractivity contribution < 1.29 is 4.74 Å². The van der Waals surface area contributed by atoms with Crippen molar-refractivity contribution in [3.8, 4) is 0 Å². The summed E-state index contributed by atoms with van der Waals surface area (Å²) in [5, 5.41) is 3.39. The van der Waals surface area contributed by atoms with Gasteiger partial charge >= 0.3 is 0 Å². The van der Waals surface area contributed by atoms with Gasteiger partial charge in [0.25, 0.3) is 0 Å². The molecule has 1 heterocycles. The van der Waals surface area contributed by atoms with Gasteiger partial charge in [0.05, 0.1) is 6.61 Å². The monoisotopic (exact) mass is 239 g/mol. The summed E-state index contributed by atoms with van der Waals surface area (Å²) in [7, 11) is 0. The number of nitrogens with one attached hydrogen (secondary N) is 1. The molecule has 3 rings (SSSR count). The van der Waals surface area contributed by atoms with Crippen molar-refractivity contribution >= 4 is 0 Å². The second-order valence-corrected chi connectivity index (χ2v) is 4.54. The highest BCUT2D eigenvalue weighted by molar-refractivity contribution is 5.36. The SMILES string of the molecule is c1ccc([C@@H]2OCCNCc3ccccc32)cc1. The number of hydrogen-bond acceptors (Lipinski definition) is 2. The highest BCUT2D eigenvalue weighted by Crippen LogP contribution is 2.29. The molecule has 2 aromatic carbocycles. The van der Waals surface area contributed by atoms with E-state index in [0.717, 1.165) is 19.7 Å². The average molecular weight is 239 g/mol. The average Bonchev–Trinajstić information content (AvgIpc) is 2.41. The topological polar surface area (TPSA) is 21.3 Å². The molecule has 1 atom stereocenters. The van der Waals surface area contributed by atoms with Crippen LogP contribution in [-0.4, -0.2) is 13.2 Å². The zero-order chi connectivity index (χ0) is 12.2. The molecule has 0 saturated carbocycles. The van der Waals surface area contributed by atoms with Crippen LogP contribution in [0.4, 0.5) is 0 Å². The molecule has 0 fully saturated rings. The second-order valence-electron chi connectivity index (χ2n) is 4.54. The van der Waals surface area contributed by atoms with Gasteiger partial charge in [0.15, 0.2) is 0 Å². The standard InChI is InChI=1S/C16H17NO/c1-2-6-13(7-3-1)16-15-9-5-4-8-14(15)12-17-10-11-18-16/h1-9,16-17H,10-12H2/t16-/m0/s1. The molecule has 0 bridgehead atoms. The van der Waals surface area contributed by atoms with E-state index in [1.54, 1.807) is 0 Å². The molecule has 2 aromatic rings. The minimum atomic E-state index is 0.0597. The number of rotatable bonds is 1. The van der Waals surface area contributed by atoms with E-state index in [-0.39, 0.29) is 6.10 Å². The van der Waals surface area contributed by atoms with Gasteiger partial charge < -0.3 is 10.1 Å². The maximum atomic E-state index is 6.03. The van der Waals surface area contributed by atoms with Crippen LogP contribution in [0.25, 0.3) is 0 Å². The van der Waals surface area contributed by atoms with E-state index in [2.05, 4.69) is 53.8 Å². The lowest BCUT2D eigenvalue weighted by Crippen LogP contribution is -2.25. The van der Waals surface area contributed by atoms with Crippen LogP contribution in [0, 0.1) is 0 Å². The zero-order valence-corrected chi connectivity index (χ0v) is 10.3. The van der Waals surface area contributed by atoms with E-state index in [1.807, 2.05) is 6.07 Å². The zero-order valence-electron chi connectivity index (χ0n) is 10.3. The molecule has 18 heavy (non-hydrogen) atoms. The van der Waals surface area contributed by atoms with Gasteiger partial charge in [0, 0.05) is 13.1 Å². The summed E-state index contributed by atoms with van der Waals surface area (Å²) < 4.78 is 6.03. The van der Waals surface area contributed by atoms with Crippen LogP contribution in [0.1, 0.15) is 22.8 Å². The fourth-order valence-electron chi connectivity index (χ4n) is 2.42. The molecule has 0 radical (unpaired) electrons. The smallest absolute Gasteiger partial charge is 0.108 e. The third-order valence-corrected chi connectivity index (χ3v) is 3.32. The predicted octanol–water partition coefficient (Wildman–Crippen LogP) is 2.90. The summed E-state index contributed by atoms with van der Waals surface area (Å²) in [5.74, 6) is 0. The highest BCUT2D eigenvalue weighted by Gasteiger charge is 2.19. The van der Waals surface area contributed by atoms with Gasteiger partial charge in [-0.25, -0.2) is 0 Å². The molecule has 0 saturated heterocycles. The summed E-state index contributed by atoms with van der Waals surface area (Å²) in [6, 6.07) is 19.0. The Bertz CT molecular complexity index is 510. The minimum absolute atomic E-state index is 0.0597. The van der Waals surface area contributed by atoms with Gasteiger partial charge in [-0.2, -0.15) is 0 Å². The molecular weight excluding hydrogens is 222 g/mol. The minimum Gasteiger partial charge on any atom is -0.367 e. The molecule has 0 amide bonds. The summed E-state index contributed by atoms with van der Waals surface area (Å²) in [5.41, 5.74) is 3.83. The summed E-state index contributed by atoms with van der Waals surface area (Å²) in [4.78, 5) is 0. The number of fused-ring (bicyclic) bond motifs is 1. The van der Waals surface area contributed by atoms with Crippen molar-refractivity contribution in [2.75, 3.05) is 13.2 Å². The molecule has 0 aromatic heterocycles. The lowest BCUT2D eigenvalue weighted by molar-refractivity contribution is 0.0776. The van der Waals surface area contributed by atoms with E-state index < -0.39 is 0 Å². The fourth-order valence-corrected chi connectivity index (χ4v) is 2.42. The first-order chi connectivity index (χ1) is 8.95. The maximum Gasteiger partial charge on any atom is 0.108 e. The Labute approximate surface area is 108 Å². The van der Waals surface area contributed by atoms with Crippen LogP contribution in [0.2, 0.25) is 0 Å². The molecule has 2 nitrogen and oxygen atoms in total. The van der Waals surface area contributed by atoms with E-state index in [4.69, 9.17) is 4.74 Å². The maximum absolute atomic E-state index is 6.03. The molecule has 1 aliphatic rings. The van der Waals surface area contributed by atoms with E-state index in [1.165, 1.54) is 16.7 Å². The lowest BCUT2D eigenvalue weighted by Gasteiger charge is -2.24. The van der Waals surface area contributed by atoms with Crippen LogP contribution in [0.15, 0.2) is 54.6 Å². The molecule has 1 N–H and O–H groups in total. The van der Waals surface area contributed by atoms with Crippen molar-refractivity contribution in [3.05, 3.63) is 71.3 Å². The van der Waals surface area contributed by atoms with Crippen LogP contribution in [0.5, 0.6) is 0 Å². The van der Waals surface area contributed by atoms with Crippen LogP contribution >= 0.6 is 0 Å². The Morgan fingerprint density at radius 1 is 0.944 bits per heavy atom. The molecule has 92 valence electrons. The quantitative estimate of drug-likeness (QED) is 0.826. The molecule has 1 aliphatic heterocycles. The molecule has 0 unspecified atom stereocenters. The Kier molecular flexibility index (Phi) is 3.40. The van der Waals surface area contributed by atoms with Crippen LogP contribution < -0.4 is 5.32 Å². The fraction of sp³-hybridized carbons (Fsp3) is 0.250. The number of benzene rings is 2. The third kappa shape index (κ3) is 2.30. The van der Waals surface area contributed by atoms with E-state index in [0.29, 0.717) is 0 Å². The van der Waals surface area contributed by atoms with Crippen molar-refractivity contribution in [2.45, 2.75) is 12.6 Å². The summed E-state index contributed by atoms with van der Waals surface area (Å²) >= 11 is 0. The van der Waals surface area contributed by atoms with Crippen molar-refractivity contribution in [2.24, 2.45) is 0 Å². The Morgan fingerprint density at radius 2 is 1.72 bits per heavy atom. The molecular formula is C16H17NO. The van der Waals surface area contributed by atoms with Crippen LogP contribution in [0.3, 0.4) is 0 Å².